The SMILES string of the molecule is CCN(CC)C(=O)C1=C(C)N=c2s/c(=C\c3ccc4c(c3)Sc3ccccc3N4C)c(=O)n2[C@H]1c1ccc(Cl)cc1. The van der Waals surface area contributed by atoms with Gasteiger partial charge in [0.05, 0.1) is 33.2 Å². The lowest BCUT2D eigenvalue weighted by atomic mass is 9.94. The smallest absolute Gasteiger partial charge is 0.271 e. The highest BCUT2D eigenvalue weighted by molar-refractivity contribution is 7.99. The van der Waals surface area contributed by atoms with Gasteiger partial charge in [0, 0.05) is 35.0 Å². The monoisotopic (exact) mass is 600 g/mol. The molecule has 0 N–H and O–H groups in total. The van der Waals surface area contributed by atoms with Gasteiger partial charge in [0.1, 0.15) is 0 Å². The standard InChI is InChI=1S/C32H29ClN4O2S2/c1-5-36(6-2)31(39)28-19(3)34-32-37(29(28)21-12-14-22(33)15-13-21)30(38)27(41-32)18-20-11-16-24-26(17-20)40-25-10-8-7-9-23(25)35(24)4/h7-18,29H,5-6H2,1-4H3/b27-18-/t29-/m0/s1. The summed E-state index contributed by atoms with van der Waals surface area (Å²) >= 11 is 9.29. The van der Waals surface area contributed by atoms with Crippen molar-refractivity contribution < 1.29 is 4.79 Å². The zero-order chi connectivity index (χ0) is 28.8. The third-order valence-electron chi connectivity index (χ3n) is 7.58. The summed E-state index contributed by atoms with van der Waals surface area (Å²) in [5.41, 5.74) is 5.04. The minimum absolute atomic E-state index is 0.110. The second-order valence-corrected chi connectivity index (χ2v) is 12.5. The lowest BCUT2D eigenvalue weighted by molar-refractivity contribution is -0.127. The van der Waals surface area contributed by atoms with E-state index in [-0.39, 0.29) is 11.5 Å². The van der Waals surface area contributed by atoms with Gasteiger partial charge in [-0.3, -0.25) is 14.2 Å². The van der Waals surface area contributed by atoms with Crippen molar-refractivity contribution in [2.75, 3.05) is 25.0 Å². The molecule has 41 heavy (non-hydrogen) atoms. The average molecular weight is 601 g/mol. The third-order valence-corrected chi connectivity index (χ3v) is 9.92. The molecule has 0 saturated heterocycles. The van der Waals surface area contributed by atoms with Gasteiger partial charge in [0.25, 0.3) is 11.5 Å². The summed E-state index contributed by atoms with van der Waals surface area (Å²) in [5, 5.41) is 0.594. The van der Waals surface area contributed by atoms with E-state index in [1.165, 1.54) is 21.9 Å². The number of hydrogen-bond donors (Lipinski definition) is 0. The first-order valence-electron chi connectivity index (χ1n) is 13.5. The number of aromatic nitrogens is 1. The molecule has 1 aromatic heterocycles. The third kappa shape index (κ3) is 4.84. The van der Waals surface area contributed by atoms with Crippen molar-refractivity contribution in [3.8, 4) is 0 Å². The van der Waals surface area contributed by atoms with E-state index in [1.807, 2.05) is 51.1 Å². The van der Waals surface area contributed by atoms with Crippen molar-refractivity contribution in [3.63, 3.8) is 0 Å². The van der Waals surface area contributed by atoms with Gasteiger partial charge in [-0.25, -0.2) is 4.99 Å². The first kappa shape index (κ1) is 27.6. The number of carbonyl (C=O) groups excluding carboxylic acids is 1. The molecule has 9 heteroatoms. The molecule has 6 nitrogen and oxygen atoms in total. The first-order chi connectivity index (χ1) is 19.8. The molecular formula is C32H29ClN4O2S2. The molecule has 0 unspecified atom stereocenters. The van der Waals surface area contributed by atoms with E-state index in [0.717, 1.165) is 21.7 Å². The fourth-order valence-electron chi connectivity index (χ4n) is 5.44. The number of allylic oxidation sites excluding steroid dienone is 1. The molecule has 0 bridgehead atoms. The van der Waals surface area contributed by atoms with E-state index < -0.39 is 6.04 Å². The fourth-order valence-corrected chi connectivity index (χ4v) is 7.81. The minimum atomic E-state index is -0.594. The maximum atomic E-state index is 14.1. The second kappa shape index (κ2) is 11.0. The van der Waals surface area contributed by atoms with Gasteiger partial charge >= 0.3 is 0 Å². The van der Waals surface area contributed by atoms with E-state index in [2.05, 4.69) is 42.3 Å². The van der Waals surface area contributed by atoms with Crippen LogP contribution in [0.5, 0.6) is 0 Å². The molecule has 2 aliphatic rings. The Balaban J connectivity index is 1.47. The predicted molar refractivity (Wildman–Crippen MR) is 168 cm³/mol. The maximum absolute atomic E-state index is 14.1. The van der Waals surface area contributed by atoms with Crippen molar-refractivity contribution in [3.05, 3.63) is 114 Å². The van der Waals surface area contributed by atoms with Gasteiger partial charge in [-0.1, -0.05) is 65.0 Å². The molecule has 3 aromatic carbocycles. The zero-order valence-corrected chi connectivity index (χ0v) is 25.6. The molecule has 0 saturated carbocycles. The number of rotatable bonds is 5. The highest BCUT2D eigenvalue weighted by Crippen LogP contribution is 2.47. The number of amides is 1. The fraction of sp³-hybridized carbons (Fsp3) is 0.219. The summed E-state index contributed by atoms with van der Waals surface area (Å²) in [4.78, 5) is 39.5. The van der Waals surface area contributed by atoms with Crippen molar-refractivity contribution in [1.29, 1.82) is 0 Å². The van der Waals surface area contributed by atoms with Crippen LogP contribution in [0, 0.1) is 0 Å². The molecule has 4 aromatic rings. The van der Waals surface area contributed by atoms with Gasteiger partial charge in [-0.2, -0.15) is 0 Å². The van der Waals surface area contributed by atoms with Gasteiger partial charge in [0.2, 0.25) is 0 Å². The van der Waals surface area contributed by atoms with Crippen LogP contribution in [0.4, 0.5) is 11.4 Å². The number of para-hydroxylation sites is 1. The van der Waals surface area contributed by atoms with Crippen molar-refractivity contribution in [1.82, 2.24) is 9.47 Å². The molecule has 1 amide bonds. The summed E-state index contributed by atoms with van der Waals surface area (Å²) in [6, 6.07) is 21.4. The summed E-state index contributed by atoms with van der Waals surface area (Å²) < 4.78 is 2.24. The van der Waals surface area contributed by atoms with Crippen LogP contribution in [0.2, 0.25) is 5.02 Å². The summed E-state index contributed by atoms with van der Waals surface area (Å²) in [7, 11) is 2.07. The van der Waals surface area contributed by atoms with Crippen molar-refractivity contribution >= 4 is 58.1 Å². The van der Waals surface area contributed by atoms with Crippen LogP contribution in [-0.4, -0.2) is 35.5 Å². The van der Waals surface area contributed by atoms with Crippen LogP contribution in [0.3, 0.4) is 0 Å². The second-order valence-electron chi connectivity index (χ2n) is 9.97. The minimum Gasteiger partial charge on any atom is -0.343 e. The van der Waals surface area contributed by atoms with Crippen LogP contribution in [-0.2, 0) is 4.79 Å². The molecule has 0 radical (unpaired) electrons. The Bertz CT molecular complexity index is 1890. The molecular weight excluding hydrogens is 572 g/mol. The molecule has 2 aliphatic heterocycles. The van der Waals surface area contributed by atoms with Crippen LogP contribution < -0.4 is 19.8 Å². The first-order valence-corrected chi connectivity index (χ1v) is 15.5. The molecule has 6 rings (SSSR count). The summed E-state index contributed by atoms with van der Waals surface area (Å²) in [6.07, 6.45) is 1.93. The lowest BCUT2D eigenvalue weighted by Crippen LogP contribution is -2.43. The largest absolute Gasteiger partial charge is 0.343 e. The quantitative estimate of drug-likeness (QED) is 0.282. The molecule has 3 heterocycles. The normalized spacial score (nSPS) is 16.2. The Morgan fingerprint density at radius 1 is 1.02 bits per heavy atom. The van der Waals surface area contributed by atoms with Crippen LogP contribution in [0.25, 0.3) is 6.08 Å². The van der Waals surface area contributed by atoms with Crippen LogP contribution in [0.1, 0.15) is 37.9 Å². The Morgan fingerprint density at radius 3 is 2.46 bits per heavy atom. The Hall–Kier alpha value is -3.59. The zero-order valence-electron chi connectivity index (χ0n) is 23.2. The predicted octanol–water partition coefficient (Wildman–Crippen LogP) is 5.99. The average Bonchev–Trinajstić information content (AvgIpc) is 3.27. The number of carbonyl (C=O) groups is 1. The van der Waals surface area contributed by atoms with Gasteiger partial charge in [-0.05, 0) is 74.4 Å². The number of benzene rings is 3. The number of thiazole rings is 1. The number of anilines is 2. The van der Waals surface area contributed by atoms with Gasteiger partial charge in [-0.15, -0.1) is 0 Å². The van der Waals surface area contributed by atoms with E-state index in [1.54, 1.807) is 33.4 Å². The van der Waals surface area contributed by atoms with Gasteiger partial charge in [0.15, 0.2) is 4.80 Å². The Morgan fingerprint density at radius 2 is 1.73 bits per heavy atom. The number of hydrogen-bond acceptors (Lipinski definition) is 6. The highest BCUT2D eigenvalue weighted by Gasteiger charge is 2.34. The maximum Gasteiger partial charge on any atom is 0.271 e. The molecule has 0 spiro atoms. The van der Waals surface area contributed by atoms with E-state index in [9.17, 15) is 9.59 Å². The summed E-state index contributed by atoms with van der Waals surface area (Å²) in [6.45, 7) is 6.90. The lowest BCUT2D eigenvalue weighted by Gasteiger charge is -2.29. The molecule has 0 aliphatic carbocycles. The van der Waals surface area contributed by atoms with Gasteiger partial charge < -0.3 is 9.80 Å². The number of fused-ring (bicyclic) bond motifs is 3. The summed E-state index contributed by atoms with van der Waals surface area (Å²) in [5.74, 6) is -0.110. The molecule has 208 valence electrons. The number of nitrogens with zero attached hydrogens (tertiary/aromatic N) is 4. The van der Waals surface area contributed by atoms with Crippen molar-refractivity contribution in [2.45, 2.75) is 36.6 Å². The Labute approximate surface area is 251 Å². The number of likely N-dealkylation sites (N-methyl/N-ethyl adjacent to an activating group) is 1. The molecule has 0 fully saturated rings. The van der Waals surface area contributed by atoms with E-state index >= 15 is 0 Å². The van der Waals surface area contributed by atoms with E-state index in [4.69, 9.17) is 16.6 Å². The van der Waals surface area contributed by atoms with E-state index in [0.29, 0.717) is 38.7 Å². The topological polar surface area (TPSA) is 57.9 Å². The molecule has 1 atom stereocenters. The van der Waals surface area contributed by atoms with Crippen LogP contribution >= 0.6 is 34.7 Å². The van der Waals surface area contributed by atoms with Crippen molar-refractivity contribution in [2.24, 2.45) is 4.99 Å². The highest BCUT2D eigenvalue weighted by atomic mass is 35.5. The number of halogens is 1. The van der Waals surface area contributed by atoms with Crippen LogP contribution in [0.15, 0.2) is 97.6 Å². The Kier molecular flexibility index (Phi) is 7.40.